The monoisotopic (exact) mass is 465 g/mol. The summed E-state index contributed by atoms with van der Waals surface area (Å²) in [7, 11) is 0. The molecule has 1 aromatic carbocycles. The normalized spacial score (nSPS) is 10.7. The third-order valence-corrected chi connectivity index (χ3v) is 5.59. The number of anilines is 1. The van der Waals surface area contributed by atoms with Gasteiger partial charge in [0, 0.05) is 16.8 Å². The molecule has 0 aliphatic carbocycles. The molecule has 3 heterocycles. The molecule has 0 aliphatic heterocycles. The minimum atomic E-state index is -0.864. The number of benzene rings is 1. The van der Waals surface area contributed by atoms with Crippen molar-refractivity contribution >= 4 is 40.0 Å². The van der Waals surface area contributed by atoms with E-state index < -0.39 is 24.5 Å². The summed E-state index contributed by atoms with van der Waals surface area (Å²) in [6.45, 7) is 3.10. The van der Waals surface area contributed by atoms with E-state index in [4.69, 9.17) is 9.47 Å². The molecule has 11 heteroatoms. The quantitative estimate of drug-likeness (QED) is 0.413. The predicted molar refractivity (Wildman–Crippen MR) is 120 cm³/mol. The SMILES string of the molecule is CCOC(=O)c1cc(-c2ccccc2)sc1NC(=O)COC(=O)c1nc2nccc(C)n2n1. The van der Waals surface area contributed by atoms with Gasteiger partial charge >= 0.3 is 11.9 Å². The second-order valence-corrected chi connectivity index (χ2v) is 7.85. The molecular formula is C22H19N5O5S. The number of nitrogens with zero attached hydrogens (tertiary/aromatic N) is 4. The van der Waals surface area contributed by atoms with Gasteiger partial charge in [-0.25, -0.2) is 19.1 Å². The fourth-order valence-corrected chi connectivity index (χ4v) is 4.01. The number of ether oxygens (including phenoxy) is 2. The van der Waals surface area contributed by atoms with E-state index in [0.29, 0.717) is 5.00 Å². The van der Waals surface area contributed by atoms with E-state index in [1.165, 1.54) is 15.9 Å². The number of amides is 1. The molecule has 0 spiro atoms. The Kier molecular flexibility index (Phi) is 6.41. The van der Waals surface area contributed by atoms with Gasteiger partial charge in [0.05, 0.1) is 12.2 Å². The van der Waals surface area contributed by atoms with Gasteiger partial charge in [0.15, 0.2) is 6.61 Å². The number of esters is 2. The predicted octanol–water partition coefficient (Wildman–Crippen LogP) is 3.13. The Balaban J connectivity index is 1.46. The molecule has 0 bridgehead atoms. The van der Waals surface area contributed by atoms with Crippen LogP contribution in [0.1, 0.15) is 33.6 Å². The lowest BCUT2D eigenvalue weighted by molar-refractivity contribution is -0.119. The van der Waals surface area contributed by atoms with Crippen molar-refractivity contribution in [2.45, 2.75) is 13.8 Å². The molecule has 0 radical (unpaired) electrons. The van der Waals surface area contributed by atoms with E-state index in [1.807, 2.05) is 30.3 Å². The molecule has 0 atom stereocenters. The van der Waals surface area contributed by atoms with Crippen LogP contribution in [0.2, 0.25) is 0 Å². The summed E-state index contributed by atoms with van der Waals surface area (Å²) in [6, 6.07) is 12.8. The third kappa shape index (κ3) is 4.88. The fraction of sp³-hybridized carbons (Fsp3) is 0.182. The average Bonchev–Trinajstić information content (AvgIpc) is 3.44. The first-order valence-electron chi connectivity index (χ1n) is 9.98. The van der Waals surface area contributed by atoms with Crippen molar-refractivity contribution in [3.05, 3.63) is 65.7 Å². The van der Waals surface area contributed by atoms with E-state index >= 15 is 0 Å². The van der Waals surface area contributed by atoms with Crippen LogP contribution in [-0.4, -0.2) is 50.6 Å². The summed E-state index contributed by atoms with van der Waals surface area (Å²) in [5.41, 5.74) is 1.86. The van der Waals surface area contributed by atoms with Crippen LogP contribution in [0.3, 0.4) is 0 Å². The highest BCUT2D eigenvalue weighted by Crippen LogP contribution is 2.35. The van der Waals surface area contributed by atoms with Gasteiger partial charge in [-0.15, -0.1) is 16.4 Å². The molecule has 0 saturated heterocycles. The maximum Gasteiger partial charge on any atom is 0.378 e. The zero-order valence-electron chi connectivity index (χ0n) is 17.8. The summed E-state index contributed by atoms with van der Waals surface area (Å²) < 4.78 is 11.5. The largest absolute Gasteiger partial charge is 0.462 e. The second-order valence-electron chi connectivity index (χ2n) is 6.80. The lowest BCUT2D eigenvalue weighted by atomic mass is 10.1. The molecule has 168 valence electrons. The van der Waals surface area contributed by atoms with Gasteiger partial charge in [-0.1, -0.05) is 30.3 Å². The Labute approximate surface area is 192 Å². The van der Waals surface area contributed by atoms with Crippen molar-refractivity contribution in [1.82, 2.24) is 19.6 Å². The van der Waals surface area contributed by atoms with Crippen molar-refractivity contribution in [2.75, 3.05) is 18.5 Å². The van der Waals surface area contributed by atoms with Crippen molar-refractivity contribution in [2.24, 2.45) is 0 Å². The van der Waals surface area contributed by atoms with Crippen LogP contribution in [0, 0.1) is 6.92 Å². The molecule has 4 aromatic rings. The molecule has 1 amide bonds. The maximum atomic E-state index is 12.5. The summed E-state index contributed by atoms with van der Waals surface area (Å²) in [6.07, 6.45) is 1.55. The summed E-state index contributed by atoms with van der Waals surface area (Å²) in [5.74, 6) is -2.00. The van der Waals surface area contributed by atoms with Crippen LogP contribution in [0.5, 0.6) is 0 Å². The third-order valence-electron chi connectivity index (χ3n) is 4.49. The molecule has 3 aromatic heterocycles. The van der Waals surface area contributed by atoms with E-state index in [9.17, 15) is 14.4 Å². The highest BCUT2D eigenvalue weighted by molar-refractivity contribution is 7.20. The van der Waals surface area contributed by atoms with Gasteiger partial charge in [0.1, 0.15) is 5.00 Å². The van der Waals surface area contributed by atoms with Crippen LogP contribution < -0.4 is 5.32 Å². The molecule has 33 heavy (non-hydrogen) atoms. The topological polar surface area (TPSA) is 125 Å². The molecule has 0 aliphatic rings. The summed E-state index contributed by atoms with van der Waals surface area (Å²) in [5, 5.41) is 6.98. The van der Waals surface area contributed by atoms with Crippen LogP contribution in [-0.2, 0) is 14.3 Å². The van der Waals surface area contributed by atoms with Crippen LogP contribution in [0.25, 0.3) is 16.2 Å². The smallest absolute Gasteiger partial charge is 0.378 e. The number of carbonyl (C=O) groups is 3. The first-order chi connectivity index (χ1) is 16.0. The van der Waals surface area contributed by atoms with E-state index in [2.05, 4.69) is 20.4 Å². The molecule has 0 fully saturated rings. The lowest BCUT2D eigenvalue weighted by Gasteiger charge is -2.06. The van der Waals surface area contributed by atoms with E-state index in [0.717, 1.165) is 16.1 Å². The Morgan fingerprint density at radius 2 is 1.88 bits per heavy atom. The molecule has 10 nitrogen and oxygen atoms in total. The molecular weight excluding hydrogens is 446 g/mol. The van der Waals surface area contributed by atoms with Gasteiger partial charge in [0.25, 0.3) is 17.5 Å². The number of aromatic nitrogens is 4. The number of aryl methyl sites for hydroxylation is 1. The number of fused-ring (bicyclic) bond motifs is 1. The van der Waals surface area contributed by atoms with Gasteiger partial charge in [-0.2, -0.15) is 4.98 Å². The van der Waals surface area contributed by atoms with Crippen LogP contribution in [0.4, 0.5) is 5.00 Å². The standard InChI is InChI=1S/C22H19N5O5S/c1-3-31-20(29)15-11-16(14-7-5-4-6-8-14)33-19(15)24-17(28)12-32-21(30)18-25-22-23-10-9-13(2)27(22)26-18/h4-11H,3,12H2,1-2H3,(H,24,28). The van der Waals surface area contributed by atoms with Crippen molar-refractivity contribution < 1.29 is 23.9 Å². The Hall–Kier alpha value is -4.12. The number of rotatable bonds is 7. The summed E-state index contributed by atoms with van der Waals surface area (Å²) >= 11 is 1.22. The fourth-order valence-electron chi connectivity index (χ4n) is 2.94. The highest BCUT2D eigenvalue weighted by atomic mass is 32.1. The van der Waals surface area contributed by atoms with Crippen molar-refractivity contribution in [3.63, 3.8) is 0 Å². The summed E-state index contributed by atoms with van der Waals surface area (Å²) in [4.78, 5) is 45.9. The number of thiophene rings is 1. The van der Waals surface area contributed by atoms with Crippen LogP contribution in [0.15, 0.2) is 48.7 Å². The van der Waals surface area contributed by atoms with Gasteiger partial charge in [0.2, 0.25) is 0 Å². The minimum absolute atomic E-state index is 0.195. The zero-order valence-corrected chi connectivity index (χ0v) is 18.6. The van der Waals surface area contributed by atoms with E-state index in [1.54, 1.807) is 32.2 Å². The first kappa shape index (κ1) is 22.1. The minimum Gasteiger partial charge on any atom is -0.462 e. The number of hydrogen-bond donors (Lipinski definition) is 1. The average molecular weight is 465 g/mol. The van der Waals surface area contributed by atoms with Gasteiger partial charge in [-0.3, -0.25) is 4.79 Å². The Morgan fingerprint density at radius 1 is 1.09 bits per heavy atom. The Bertz CT molecular complexity index is 1330. The van der Waals surface area contributed by atoms with Crippen molar-refractivity contribution in [1.29, 1.82) is 0 Å². The number of hydrogen-bond acceptors (Lipinski definition) is 9. The zero-order chi connectivity index (χ0) is 23.4. The van der Waals surface area contributed by atoms with Crippen molar-refractivity contribution in [3.8, 4) is 10.4 Å². The second kappa shape index (κ2) is 9.57. The highest BCUT2D eigenvalue weighted by Gasteiger charge is 2.21. The molecule has 4 rings (SSSR count). The van der Waals surface area contributed by atoms with Crippen LogP contribution >= 0.6 is 11.3 Å². The maximum absolute atomic E-state index is 12.5. The van der Waals surface area contributed by atoms with E-state index in [-0.39, 0.29) is 23.8 Å². The first-order valence-corrected chi connectivity index (χ1v) is 10.8. The number of nitrogens with one attached hydrogen (secondary N) is 1. The number of carbonyl (C=O) groups excluding carboxylic acids is 3. The molecule has 0 unspecified atom stereocenters. The molecule has 1 N–H and O–H groups in total. The van der Waals surface area contributed by atoms with Gasteiger partial charge < -0.3 is 14.8 Å². The Morgan fingerprint density at radius 3 is 2.61 bits per heavy atom. The molecule has 0 saturated carbocycles. The lowest BCUT2D eigenvalue weighted by Crippen LogP contribution is -2.22. The van der Waals surface area contributed by atoms with Gasteiger partial charge in [-0.05, 0) is 31.5 Å².